The number of hydrogen-bond donors (Lipinski definition) is 1. The molecule has 0 aliphatic heterocycles. The van der Waals surface area contributed by atoms with E-state index >= 15 is 0 Å². The summed E-state index contributed by atoms with van der Waals surface area (Å²) in [6.45, 7) is 0. The number of carboxylic acid groups (broad SMARTS) is 1. The Kier molecular flexibility index (Phi) is 4.10. The van der Waals surface area contributed by atoms with E-state index < -0.39 is 11.9 Å². The molecule has 18 heavy (non-hydrogen) atoms. The fourth-order valence-electron chi connectivity index (χ4n) is 1.85. The third-order valence-corrected chi connectivity index (χ3v) is 3.54. The molecule has 0 saturated heterocycles. The van der Waals surface area contributed by atoms with Crippen molar-refractivity contribution in [3.8, 4) is 0 Å². The topological polar surface area (TPSA) is 37.3 Å². The Balaban J connectivity index is 2.06. The number of carboxylic acids is 1. The van der Waals surface area contributed by atoms with Crippen molar-refractivity contribution in [2.75, 3.05) is 0 Å². The second kappa shape index (κ2) is 5.78. The van der Waals surface area contributed by atoms with Crippen molar-refractivity contribution in [3.63, 3.8) is 0 Å². The van der Waals surface area contributed by atoms with Crippen molar-refractivity contribution in [1.29, 1.82) is 0 Å². The van der Waals surface area contributed by atoms with E-state index in [1.165, 1.54) is 12.1 Å². The summed E-state index contributed by atoms with van der Waals surface area (Å²) in [5.41, 5.74) is 1.88. The number of carbonyl (C=O) groups is 1. The minimum Gasteiger partial charge on any atom is -0.481 e. The number of halogens is 1. The van der Waals surface area contributed by atoms with E-state index in [4.69, 9.17) is 0 Å². The summed E-state index contributed by atoms with van der Waals surface area (Å²) in [6, 6.07) is 7.93. The van der Waals surface area contributed by atoms with Crippen LogP contribution in [0, 0.1) is 11.7 Å². The Bertz CT molecular complexity index is 505. The Morgan fingerprint density at radius 1 is 1.17 bits per heavy atom. The van der Waals surface area contributed by atoms with Gasteiger partial charge in [-0.1, -0.05) is 12.1 Å². The normalized spacial score (nSPS) is 12.3. The van der Waals surface area contributed by atoms with Gasteiger partial charge < -0.3 is 5.11 Å². The fourth-order valence-corrected chi connectivity index (χ4v) is 2.53. The monoisotopic (exact) mass is 264 g/mol. The molecule has 2 nitrogen and oxygen atoms in total. The molecule has 0 saturated carbocycles. The van der Waals surface area contributed by atoms with Crippen molar-refractivity contribution in [3.05, 3.63) is 58.0 Å². The largest absolute Gasteiger partial charge is 0.481 e. The summed E-state index contributed by atoms with van der Waals surface area (Å²) in [4.78, 5) is 11.2. The van der Waals surface area contributed by atoms with Crippen molar-refractivity contribution in [2.24, 2.45) is 5.92 Å². The zero-order valence-electron chi connectivity index (χ0n) is 9.67. The molecule has 0 radical (unpaired) electrons. The Labute approximate surface area is 109 Å². The van der Waals surface area contributed by atoms with E-state index in [9.17, 15) is 14.3 Å². The molecular formula is C14H13FO2S. The van der Waals surface area contributed by atoms with E-state index in [0.29, 0.717) is 12.8 Å². The second-order valence-corrected chi connectivity index (χ2v) is 4.98. The molecule has 0 aliphatic rings. The smallest absolute Gasteiger partial charge is 0.307 e. The van der Waals surface area contributed by atoms with Crippen molar-refractivity contribution < 1.29 is 14.3 Å². The van der Waals surface area contributed by atoms with Gasteiger partial charge in [-0.05, 0) is 52.9 Å². The van der Waals surface area contributed by atoms with Crippen LogP contribution in [-0.2, 0) is 17.6 Å². The van der Waals surface area contributed by atoms with Crippen molar-refractivity contribution >= 4 is 17.3 Å². The number of rotatable bonds is 5. The summed E-state index contributed by atoms with van der Waals surface area (Å²) in [5.74, 6) is -1.58. The number of thiophene rings is 1. The predicted molar refractivity (Wildman–Crippen MR) is 69.3 cm³/mol. The molecule has 0 spiro atoms. The van der Waals surface area contributed by atoms with Crippen LogP contribution in [0.3, 0.4) is 0 Å². The first-order valence-electron chi connectivity index (χ1n) is 5.63. The lowest BCUT2D eigenvalue weighted by atomic mass is 9.94. The van der Waals surface area contributed by atoms with E-state index in [-0.39, 0.29) is 5.82 Å². The lowest BCUT2D eigenvalue weighted by molar-refractivity contribution is -0.141. The Hall–Kier alpha value is -1.68. The van der Waals surface area contributed by atoms with Gasteiger partial charge in [0.25, 0.3) is 0 Å². The number of aliphatic carboxylic acids is 1. The van der Waals surface area contributed by atoms with Crippen LogP contribution in [-0.4, -0.2) is 11.1 Å². The zero-order chi connectivity index (χ0) is 13.0. The average molecular weight is 264 g/mol. The fraction of sp³-hybridized carbons (Fsp3) is 0.214. The van der Waals surface area contributed by atoms with Crippen LogP contribution in [0.5, 0.6) is 0 Å². The van der Waals surface area contributed by atoms with E-state index in [1.54, 1.807) is 23.5 Å². The molecule has 1 heterocycles. The maximum absolute atomic E-state index is 12.8. The van der Waals surface area contributed by atoms with Gasteiger partial charge in [-0.15, -0.1) is 0 Å². The Morgan fingerprint density at radius 3 is 2.39 bits per heavy atom. The van der Waals surface area contributed by atoms with Gasteiger partial charge in [0.15, 0.2) is 0 Å². The van der Waals surface area contributed by atoms with Crippen LogP contribution < -0.4 is 0 Å². The summed E-state index contributed by atoms with van der Waals surface area (Å²) in [7, 11) is 0. The van der Waals surface area contributed by atoms with Gasteiger partial charge in [0.2, 0.25) is 0 Å². The first-order valence-corrected chi connectivity index (χ1v) is 6.58. The molecule has 0 bridgehead atoms. The second-order valence-electron chi connectivity index (χ2n) is 4.20. The first kappa shape index (κ1) is 12.8. The van der Waals surface area contributed by atoms with Crippen LogP contribution in [0.2, 0.25) is 0 Å². The van der Waals surface area contributed by atoms with Crippen LogP contribution in [0.4, 0.5) is 4.39 Å². The lowest BCUT2D eigenvalue weighted by Gasteiger charge is -2.11. The molecule has 4 heteroatoms. The summed E-state index contributed by atoms with van der Waals surface area (Å²) in [5, 5.41) is 13.1. The van der Waals surface area contributed by atoms with Crippen molar-refractivity contribution in [1.82, 2.24) is 0 Å². The summed E-state index contributed by atoms with van der Waals surface area (Å²) in [6.07, 6.45) is 0.932. The first-order chi connectivity index (χ1) is 8.65. The molecule has 1 unspecified atom stereocenters. The molecule has 1 N–H and O–H groups in total. The number of hydrogen-bond acceptors (Lipinski definition) is 2. The Morgan fingerprint density at radius 2 is 1.83 bits per heavy atom. The van der Waals surface area contributed by atoms with Gasteiger partial charge in [0.1, 0.15) is 5.82 Å². The molecule has 2 aromatic rings. The highest BCUT2D eigenvalue weighted by atomic mass is 32.1. The van der Waals surface area contributed by atoms with Gasteiger partial charge in [0, 0.05) is 0 Å². The maximum Gasteiger partial charge on any atom is 0.307 e. The van der Waals surface area contributed by atoms with Gasteiger partial charge >= 0.3 is 5.97 Å². The van der Waals surface area contributed by atoms with Crippen LogP contribution in [0.15, 0.2) is 41.1 Å². The molecule has 94 valence electrons. The van der Waals surface area contributed by atoms with Crippen LogP contribution >= 0.6 is 11.3 Å². The molecular weight excluding hydrogens is 251 g/mol. The molecule has 2 rings (SSSR count). The molecule has 1 aromatic carbocycles. The highest BCUT2D eigenvalue weighted by Crippen LogP contribution is 2.17. The SMILES string of the molecule is O=C(O)C(Cc1ccc(F)cc1)Cc1ccsc1. The van der Waals surface area contributed by atoms with Crippen molar-refractivity contribution in [2.45, 2.75) is 12.8 Å². The van der Waals surface area contributed by atoms with Crippen LogP contribution in [0.1, 0.15) is 11.1 Å². The third-order valence-electron chi connectivity index (χ3n) is 2.81. The number of benzene rings is 1. The molecule has 1 atom stereocenters. The van der Waals surface area contributed by atoms with Gasteiger partial charge in [-0.3, -0.25) is 4.79 Å². The average Bonchev–Trinajstić information content (AvgIpc) is 2.84. The standard InChI is InChI=1S/C14H13FO2S/c15-13-3-1-10(2-4-13)7-12(14(16)17)8-11-5-6-18-9-11/h1-6,9,12H,7-8H2,(H,16,17). The summed E-state index contributed by atoms with van der Waals surface area (Å²) >= 11 is 1.56. The highest BCUT2D eigenvalue weighted by molar-refractivity contribution is 7.07. The molecule has 1 aromatic heterocycles. The highest BCUT2D eigenvalue weighted by Gasteiger charge is 2.18. The third kappa shape index (κ3) is 3.40. The summed E-state index contributed by atoms with van der Waals surface area (Å²) < 4.78 is 12.8. The molecule has 0 fully saturated rings. The quantitative estimate of drug-likeness (QED) is 0.899. The van der Waals surface area contributed by atoms with Crippen LogP contribution in [0.25, 0.3) is 0 Å². The lowest BCUT2D eigenvalue weighted by Crippen LogP contribution is -2.18. The molecule has 0 aliphatic carbocycles. The maximum atomic E-state index is 12.8. The van der Waals surface area contributed by atoms with Gasteiger partial charge in [-0.25, -0.2) is 4.39 Å². The zero-order valence-corrected chi connectivity index (χ0v) is 10.5. The van der Waals surface area contributed by atoms with Gasteiger partial charge in [-0.2, -0.15) is 11.3 Å². The minimum absolute atomic E-state index is 0.302. The van der Waals surface area contributed by atoms with E-state index in [2.05, 4.69) is 0 Å². The van der Waals surface area contributed by atoms with E-state index in [1.807, 2.05) is 16.8 Å². The minimum atomic E-state index is -0.814. The van der Waals surface area contributed by atoms with Gasteiger partial charge in [0.05, 0.1) is 5.92 Å². The molecule has 0 amide bonds. The van der Waals surface area contributed by atoms with E-state index in [0.717, 1.165) is 11.1 Å². The predicted octanol–water partition coefficient (Wildman–Crippen LogP) is 3.37.